The Morgan fingerprint density at radius 1 is 0.712 bits per heavy atom. The van der Waals surface area contributed by atoms with Crippen molar-refractivity contribution in [2.24, 2.45) is 17.8 Å². The summed E-state index contributed by atoms with van der Waals surface area (Å²) in [6.45, 7) is 4.85. The number of hydrogen-bond donors (Lipinski definition) is 0. The maximum atomic E-state index is 5.50. The molecule has 2 aromatic carbocycles. The van der Waals surface area contributed by atoms with Crippen LogP contribution in [0.2, 0.25) is 0 Å². The highest BCUT2D eigenvalue weighted by Gasteiger charge is 2.48. The van der Waals surface area contributed by atoms with Gasteiger partial charge in [-0.25, -0.2) is 4.98 Å². The Morgan fingerprint density at radius 3 is 2.49 bits per heavy atom. The molecular formula is C56H53N3. The van der Waals surface area contributed by atoms with Crippen molar-refractivity contribution in [2.75, 3.05) is 9.80 Å². The minimum Gasteiger partial charge on any atom is -0.357 e. The van der Waals surface area contributed by atoms with Crippen LogP contribution < -0.4 is 9.80 Å². The number of hydrogen-bond acceptors (Lipinski definition) is 3. The van der Waals surface area contributed by atoms with Gasteiger partial charge in [-0.3, -0.25) is 0 Å². The van der Waals surface area contributed by atoms with Gasteiger partial charge in [-0.05, 0) is 114 Å². The molecule has 1 fully saturated rings. The summed E-state index contributed by atoms with van der Waals surface area (Å²) in [6, 6.07) is 22.2. The van der Waals surface area contributed by atoms with E-state index in [1.165, 1.54) is 68.0 Å². The van der Waals surface area contributed by atoms with Crippen LogP contribution in [0.4, 0.5) is 17.2 Å². The second-order valence-corrected chi connectivity index (χ2v) is 18.7. The second kappa shape index (κ2) is 13.7. The van der Waals surface area contributed by atoms with Crippen LogP contribution in [0, 0.1) is 17.8 Å². The molecule has 7 unspecified atom stereocenters. The molecule has 292 valence electrons. The molecule has 0 radical (unpaired) electrons. The van der Waals surface area contributed by atoms with Crippen molar-refractivity contribution in [3.8, 4) is 0 Å². The predicted octanol–water partition coefficient (Wildman–Crippen LogP) is 13.2. The number of rotatable bonds is 5. The Morgan fingerprint density at radius 2 is 1.59 bits per heavy atom. The van der Waals surface area contributed by atoms with Crippen LogP contribution in [0.5, 0.6) is 0 Å². The summed E-state index contributed by atoms with van der Waals surface area (Å²) in [4.78, 5) is 10.8. The van der Waals surface area contributed by atoms with Crippen LogP contribution in [0.25, 0.3) is 16.7 Å². The van der Waals surface area contributed by atoms with E-state index in [-0.39, 0.29) is 11.5 Å². The second-order valence-electron chi connectivity index (χ2n) is 18.7. The summed E-state index contributed by atoms with van der Waals surface area (Å²) in [7, 11) is 0. The normalized spacial score (nSPS) is 30.1. The van der Waals surface area contributed by atoms with E-state index in [1.807, 2.05) is 0 Å². The lowest BCUT2D eigenvalue weighted by atomic mass is 9.76. The molecule has 0 saturated carbocycles. The van der Waals surface area contributed by atoms with Gasteiger partial charge in [0.1, 0.15) is 5.82 Å². The minimum atomic E-state index is 0.0997. The molecule has 1 aromatic heterocycles. The molecule has 1 saturated heterocycles. The highest BCUT2D eigenvalue weighted by Crippen LogP contribution is 2.54. The number of para-hydroxylation sites is 1. The van der Waals surface area contributed by atoms with Crippen LogP contribution in [0.1, 0.15) is 92.7 Å². The largest absolute Gasteiger partial charge is 0.357 e. The van der Waals surface area contributed by atoms with E-state index in [1.54, 1.807) is 5.57 Å². The van der Waals surface area contributed by atoms with Crippen LogP contribution in [0.15, 0.2) is 169 Å². The number of fused-ring (bicyclic) bond motifs is 8. The van der Waals surface area contributed by atoms with Crippen LogP contribution >= 0.6 is 0 Å². The first kappa shape index (κ1) is 35.3. The van der Waals surface area contributed by atoms with Crippen molar-refractivity contribution in [3.63, 3.8) is 0 Å². The van der Waals surface area contributed by atoms with Crippen molar-refractivity contribution < 1.29 is 0 Å². The van der Waals surface area contributed by atoms with Crippen molar-refractivity contribution in [2.45, 2.75) is 88.3 Å². The van der Waals surface area contributed by atoms with Gasteiger partial charge in [0.15, 0.2) is 0 Å². The summed E-state index contributed by atoms with van der Waals surface area (Å²) < 4.78 is 0. The number of benzene rings is 2. The number of aromatic nitrogens is 1. The fourth-order valence-electron chi connectivity index (χ4n) is 12.3. The Labute approximate surface area is 350 Å². The first-order valence-electron chi connectivity index (χ1n) is 22.4. The molecular weight excluding hydrogens is 715 g/mol. The average molecular weight is 768 g/mol. The molecule has 9 aliphatic rings. The van der Waals surface area contributed by atoms with E-state index in [0.717, 1.165) is 44.3 Å². The summed E-state index contributed by atoms with van der Waals surface area (Å²) >= 11 is 0. The van der Waals surface area contributed by atoms with E-state index in [9.17, 15) is 0 Å². The zero-order chi connectivity index (χ0) is 39.2. The molecule has 0 N–H and O–H groups in total. The Balaban J connectivity index is 0.881. The summed E-state index contributed by atoms with van der Waals surface area (Å²) in [5, 5.41) is 0. The van der Waals surface area contributed by atoms with E-state index >= 15 is 0 Å². The van der Waals surface area contributed by atoms with Crippen molar-refractivity contribution in [1.29, 1.82) is 0 Å². The monoisotopic (exact) mass is 767 g/mol. The van der Waals surface area contributed by atoms with Gasteiger partial charge in [-0.1, -0.05) is 147 Å². The fraction of sp³-hybridized carbons (Fsp3) is 0.304. The molecule has 3 aromatic rings. The lowest BCUT2D eigenvalue weighted by molar-refractivity contribution is 0.510. The standard InChI is InChI=1S/C56H53N3/c1-56(2)48-22-12-9-19-42(48)45-35-41(27-28-49(45)56)58-51-23-13-10-20-43(51)46-31-38(25-29-53(46)58)39-26-30-54-47(32-39)44-21-11-14-24-52(44)59(54)55-34-40(36-15-5-3-6-16-36)33-50(57-55)37-17-7-4-8-18-37/h4-5,7-11,13-17,19-21,23-25,27-29,31-35,37,39,43,46,51,53-54H,3,6,12,18,22,26,30H2,1-2H3. The maximum Gasteiger partial charge on any atom is 0.134 e. The molecule has 0 amide bonds. The van der Waals surface area contributed by atoms with Crippen molar-refractivity contribution in [1.82, 2.24) is 4.98 Å². The first-order valence-corrected chi connectivity index (χ1v) is 22.4. The molecule has 3 heterocycles. The number of allylic oxidation sites excluding steroid dienone is 17. The average Bonchev–Trinajstić information content (AvgIpc) is 3.89. The van der Waals surface area contributed by atoms with Crippen molar-refractivity contribution in [3.05, 3.63) is 197 Å². The molecule has 7 aliphatic carbocycles. The van der Waals surface area contributed by atoms with Gasteiger partial charge < -0.3 is 9.80 Å². The zero-order valence-electron chi connectivity index (χ0n) is 34.3. The molecule has 0 bridgehead atoms. The summed E-state index contributed by atoms with van der Waals surface area (Å²) in [5.41, 5.74) is 16.9. The highest BCUT2D eigenvalue weighted by molar-refractivity contribution is 5.93. The zero-order valence-corrected chi connectivity index (χ0v) is 34.3. The summed E-state index contributed by atoms with van der Waals surface area (Å²) in [6.07, 6.45) is 48.4. The number of pyridine rings is 1. The van der Waals surface area contributed by atoms with Gasteiger partial charge >= 0.3 is 0 Å². The van der Waals surface area contributed by atoms with E-state index in [2.05, 4.69) is 182 Å². The highest BCUT2D eigenvalue weighted by atomic mass is 15.2. The molecule has 12 rings (SSSR count). The molecule has 7 atom stereocenters. The number of anilines is 3. The fourth-order valence-corrected chi connectivity index (χ4v) is 12.3. The van der Waals surface area contributed by atoms with Crippen molar-refractivity contribution >= 4 is 33.9 Å². The lowest BCUT2D eigenvalue weighted by Crippen LogP contribution is -2.37. The van der Waals surface area contributed by atoms with Crippen LogP contribution in [-0.2, 0) is 5.41 Å². The molecule has 3 heteroatoms. The number of nitrogens with zero attached hydrogens (tertiary/aromatic N) is 3. The van der Waals surface area contributed by atoms with Gasteiger partial charge in [0.05, 0.1) is 29.5 Å². The first-order chi connectivity index (χ1) is 29.0. The molecule has 2 aliphatic heterocycles. The molecule has 3 nitrogen and oxygen atoms in total. The smallest absolute Gasteiger partial charge is 0.134 e. The van der Waals surface area contributed by atoms with Gasteiger partial charge in [-0.15, -0.1) is 0 Å². The third kappa shape index (κ3) is 5.57. The maximum absolute atomic E-state index is 5.50. The predicted molar refractivity (Wildman–Crippen MR) is 247 cm³/mol. The van der Waals surface area contributed by atoms with Crippen LogP contribution in [0.3, 0.4) is 0 Å². The van der Waals surface area contributed by atoms with E-state index < -0.39 is 0 Å². The van der Waals surface area contributed by atoms with Gasteiger partial charge in [0.25, 0.3) is 0 Å². The lowest BCUT2D eigenvalue weighted by Gasteiger charge is -2.35. The SMILES string of the molecule is CC1(C)C2=C(C=CCC2)c2cc(N3C4C=CC=CC4C4C=C(C5C=C6c7ccccc7N(c7cc(C8=CCCC=C8)cc(C8C=CC=CC8)n7)C6CC5)C=CC43)ccc21. The summed E-state index contributed by atoms with van der Waals surface area (Å²) in [5.74, 6) is 2.63. The van der Waals surface area contributed by atoms with Gasteiger partial charge in [-0.2, -0.15) is 0 Å². The minimum absolute atomic E-state index is 0.0997. The van der Waals surface area contributed by atoms with Gasteiger partial charge in [0.2, 0.25) is 0 Å². The van der Waals surface area contributed by atoms with Crippen LogP contribution in [-0.4, -0.2) is 23.1 Å². The molecule has 59 heavy (non-hydrogen) atoms. The van der Waals surface area contributed by atoms with E-state index in [0.29, 0.717) is 35.8 Å². The Kier molecular flexibility index (Phi) is 8.19. The third-order valence-electron chi connectivity index (χ3n) is 15.2. The quantitative estimate of drug-likeness (QED) is 0.258. The molecule has 0 spiro atoms. The topological polar surface area (TPSA) is 19.4 Å². The van der Waals surface area contributed by atoms with E-state index in [4.69, 9.17) is 4.98 Å². The van der Waals surface area contributed by atoms with Gasteiger partial charge in [0, 0.05) is 40.3 Å². The third-order valence-corrected chi connectivity index (χ3v) is 15.2. The Bertz CT molecular complexity index is 2630. The Hall–Kier alpha value is -5.67.